The first-order chi connectivity index (χ1) is 12.3. The van der Waals surface area contributed by atoms with Gasteiger partial charge < -0.3 is 14.7 Å². The van der Waals surface area contributed by atoms with Crippen molar-refractivity contribution in [2.24, 2.45) is 10.8 Å². The van der Waals surface area contributed by atoms with E-state index in [1.54, 1.807) is 0 Å². The smallest absolute Gasteiger partial charge is 0.410 e. The topological polar surface area (TPSA) is 53.0 Å². The van der Waals surface area contributed by atoms with Gasteiger partial charge in [0.05, 0.1) is 0 Å². The summed E-state index contributed by atoms with van der Waals surface area (Å²) < 4.78 is 5.57. The summed E-state index contributed by atoms with van der Waals surface area (Å²) in [6.45, 7) is 17.3. The second-order valence-corrected chi connectivity index (χ2v) is 11.3. The highest BCUT2D eigenvalue weighted by molar-refractivity contribution is 5.68. The normalized spacial score (nSPS) is 24.5. The molecule has 0 bridgehead atoms. The van der Waals surface area contributed by atoms with Gasteiger partial charge >= 0.3 is 6.09 Å². The molecule has 158 valence electrons. The van der Waals surface area contributed by atoms with Crippen molar-refractivity contribution >= 4 is 6.09 Å². The van der Waals surface area contributed by atoms with Crippen LogP contribution in [0.2, 0.25) is 0 Å². The van der Waals surface area contributed by atoms with E-state index < -0.39 is 5.60 Å². The van der Waals surface area contributed by atoms with Crippen molar-refractivity contribution in [1.29, 1.82) is 0 Å². The number of nitrogens with zero attached hydrogens (tertiary/aromatic N) is 2. The number of aliphatic hydroxyl groups is 1. The number of likely N-dealkylation sites (tertiary alicyclic amines) is 1. The van der Waals surface area contributed by atoms with E-state index in [-0.39, 0.29) is 18.1 Å². The average molecular weight is 383 g/mol. The summed E-state index contributed by atoms with van der Waals surface area (Å²) in [6, 6.07) is 0.905. The fourth-order valence-corrected chi connectivity index (χ4v) is 4.32. The molecule has 27 heavy (non-hydrogen) atoms. The summed E-state index contributed by atoms with van der Waals surface area (Å²) in [4.78, 5) is 16.9. The van der Waals surface area contributed by atoms with Crippen LogP contribution in [0.15, 0.2) is 0 Å². The first-order valence-electron chi connectivity index (χ1n) is 10.7. The zero-order chi connectivity index (χ0) is 20.5. The lowest BCUT2D eigenvalue weighted by molar-refractivity contribution is 0.0145. The summed E-state index contributed by atoms with van der Waals surface area (Å²) in [5, 5.41) is 9.82. The summed E-state index contributed by atoms with van der Waals surface area (Å²) in [5.41, 5.74) is -0.151. The molecule has 0 aromatic heterocycles. The molecule has 2 rings (SSSR count). The van der Waals surface area contributed by atoms with Gasteiger partial charge in [-0.2, -0.15) is 0 Å². The van der Waals surface area contributed by atoms with E-state index >= 15 is 0 Å². The molecule has 1 atom stereocenters. The highest BCUT2D eigenvalue weighted by atomic mass is 16.6. The summed E-state index contributed by atoms with van der Waals surface area (Å²) in [7, 11) is 0. The second kappa shape index (κ2) is 8.28. The van der Waals surface area contributed by atoms with Gasteiger partial charge in [0.15, 0.2) is 0 Å². The summed E-state index contributed by atoms with van der Waals surface area (Å²) >= 11 is 0. The van der Waals surface area contributed by atoms with Gasteiger partial charge in [-0.3, -0.25) is 4.90 Å². The van der Waals surface area contributed by atoms with Crippen molar-refractivity contribution in [1.82, 2.24) is 9.80 Å². The third-order valence-electron chi connectivity index (χ3n) is 6.10. The fourth-order valence-electron chi connectivity index (χ4n) is 4.32. The van der Waals surface area contributed by atoms with Crippen LogP contribution in [0.5, 0.6) is 0 Å². The monoisotopic (exact) mass is 382 g/mol. The second-order valence-electron chi connectivity index (χ2n) is 11.3. The van der Waals surface area contributed by atoms with Crippen molar-refractivity contribution in [2.75, 3.05) is 26.2 Å². The predicted octanol–water partition coefficient (Wildman–Crippen LogP) is 4.29. The first-order valence-corrected chi connectivity index (χ1v) is 10.7. The van der Waals surface area contributed by atoms with Crippen LogP contribution in [-0.2, 0) is 4.74 Å². The Morgan fingerprint density at radius 1 is 1.11 bits per heavy atom. The quantitative estimate of drug-likeness (QED) is 0.771. The van der Waals surface area contributed by atoms with Crippen LogP contribution in [0.25, 0.3) is 0 Å². The minimum atomic E-state index is -0.456. The third kappa shape index (κ3) is 6.63. The van der Waals surface area contributed by atoms with Gasteiger partial charge in [-0.25, -0.2) is 4.79 Å². The van der Waals surface area contributed by atoms with E-state index in [0.717, 1.165) is 26.1 Å². The molecule has 2 aliphatic rings. The largest absolute Gasteiger partial charge is 0.444 e. The van der Waals surface area contributed by atoms with Crippen LogP contribution in [0.4, 0.5) is 4.79 Å². The zero-order valence-electron chi connectivity index (χ0n) is 18.7. The lowest BCUT2D eigenvalue weighted by atomic mass is 9.74. The van der Waals surface area contributed by atoms with Gasteiger partial charge in [-0.15, -0.1) is 0 Å². The van der Waals surface area contributed by atoms with E-state index in [4.69, 9.17) is 4.74 Å². The minimum absolute atomic E-state index is 0.133. The SMILES string of the molecule is CC1(C)CCC(N(CC(C)(C)CO)[C@H]2CCN(C(=O)OC(C)(C)C)C2)CC1. The molecular weight excluding hydrogens is 340 g/mol. The number of aliphatic hydroxyl groups excluding tert-OH is 1. The number of carbonyl (C=O) groups excluding carboxylic acids is 1. The van der Waals surface area contributed by atoms with Crippen molar-refractivity contribution in [3.05, 3.63) is 0 Å². The Morgan fingerprint density at radius 2 is 1.70 bits per heavy atom. The van der Waals surface area contributed by atoms with Crippen LogP contribution in [0.3, 0.4) is 0 Å². The van der Waals surface area contributed by atoms with Gasteiger partial charge in [0.2, 0.25) is 0 Å². The standard InChI is InChI=1S/C22H42N2O3/c1-20(2,3)27-19(26)23-13-10-18(14-23)24(15-22(6,7)16-25)17-8-11-21(4,5)12-9-17/h17-18,25H,8-16H2,1-7H3/t18-/m0/s1. The maximum absolute atomic E-state index is 12.5. The molecule has 1 aliphatic heterocycles. The van der Waals surface area contributed by atoms with Gasteiger partial charge in [0.1, 0.15) is 5.60 Å². The zero-order valence-corrected chi connectivity index (χ0v) is 18.7. The average Bonchev–Trinajstić information content (AvgIpc) is 3.01. The Kier molecular flexibility index (Phi) is 6.89. The Bertz CT molecular complexity index is 500. The molecule has 1 N–H and O–H groups in total. The van der Waals surface area contributed by atoms with Crippen LogP contribution < -0.4 is 0 Å². The van der Waals surface area contributed by atoms with Crippen LogP contribution in [0, 0.1) is 10.8 Å². The maximum Gasteiger partial charge on any atom is 0.410 e. The fraction of sp³-hybridized carbons (Fsp3) is 0.955. The van der Waals surface area contributed by atoms with Crippen molar-refractivity contribution in [2.45, 2.75) is 98.3 Å². The molecule has 0 aromatic carbocycles. The van der Waals surface area contributed by atoms with Gasteiger partial charge in [-0.1, -0.05) is 27.7 Å². The molecule has 2 fully saturated rings. The van der Waals surface area contributed by atoms with Gasteiger partial charge in [-0.05, 0) is 58.3 Å². The number of rotatable bonds is 5. The summed E-state index contributed by atoms with van der Waals surface area (Å²) in [5.74, 6) is 0. The molecule has 1 saturated heterocycles. The molecule has 0 spiro atoms. The molecule has 5 nitrogen and oxygen atoms in total. The van der Waals surface area contributed by atoms with Crippen LogP contribution in [0.1, 0.15) is 80.6 Å². The lowest BCUT2D eigenvalue weighted by Gasteiger charge is -2.45. The van der Waals surface area contributed by atoms with Crippen LogP contribution >= 0.6 is 0 Å². The lowest BCUT2D eigenvalue weighted by Crippen LogP contribution is -2.51. The molecule has 0 unspecified atom stereocenters. The van der Waals surface area contributed by atoms with Gasteiger partial charge in [0.25, 0.3) is 0 Å². The van der Waals surface area contributed by atoms with E-state index in [1.807, 2.05) is 25.7 Å². The Hall–Kier alpha value is -0.810. The molecule has 0 radical (unpaired) electrons. The number of ether oxygens (including phenoxy) is 1. The first kappa shape index (κ1) is 22.5. The van der Waals surface area contributed by atoms with E-state index in [2.05, 4.69) is 32.6 Å². The van der Waals surface area contributed by atoms with E-state index in [9.17, 15) is 9.90 Å². The highest BCUT2D eigenvalue weighted by Gasteiger charge is 2.39. The number of carbonyl (C=O) groups is 1. The third-order valence-corrected chi connectivity index (χ3v) is 6.10. The number of amides is 1. The Balaban J connectivity index is 2.07. The molecule has 0 aromatic rings. The molecule has 1 amide bonds. The van der Waals surface area contributed by atoms with Crippen molar-refractivity contribution < 1.29 is 14.6 Å². The van der Waals surface area contributed by atoms with Gasteiger partial charge in [0, 0.05) is 43.7 Å². The highest BCUT2D eigenvalue weighted by Crippen LogP contribution is 2.39. The molecule has 1 heterocycles. The predicted molar refractivity (Wildman–Crippen MR) is 110 cm³/mol. The Morgan fingerprint density at radius 3 is 2.22 bits per heavy atom. The number of hydrogen-bond donors (Lipinski definition) is 1. The maximum atomic E-state index is 12.5. The minimum Gasteiger partial charge on any atom is -0.444 e. The molecular formula is C22H42N2O3. The molecule has 1 aliphatic carbocycles. The van der Waals surface area contributed by atoms with Crippen LogP contribution in [-0.4, -0.2) is 64.9 Å². The summed E-state index contributed by atoms with van der Waals surface area (Å²) in [6.07, 6.45) is 5.69. The van der Waals surface area contributed by atoms with E-state index in [1.165, 1.54) is 25.7 Å². The molecule has 5 heteroatoms. The molecule has 1 saturated carbocycles. The van der Waals surface area contributed by atoms with Crippen molar-refractivity contribution in [3.8, 4) is 0 Å². The van der Waals surface area contributed by atoms with Crippen molar-refractivity contribution in [3.63, 3.8) is 0 Å². The Labute approximate surface area is 166 Å². The van der Waals surface area contributed by atoms with E-state index in [0.29, 0.717) is 17.5 Å². The number of hydrogen-bond acceptors (Lipinski definition) is 4.